The number of rotatable bonds is 6. The molecule has 0 spiro atoms. The lowest BCUT2D eigenvalue weighted by atomic mass is 9.84. The average Bonchev–Trinajstić information content (AvgIpc) is 2.75. The number of nitrogens with two attached hydrogens (primary N) is 3. The van der Waals surface area contributed by atoms with E-state index in [0.29, 0.717) is 0 Å². The lowest BCUT2D eigenvalue weighted by molar-refractivity contribution is -0.319. The predicted octanol–water partition coefficient (Wildman–Crippen LogP) is -5.61. The molecule has 3 aliphatic rings. The summed E-state index contributed by atoms with van der Waals surface area (Å²) in [6.07, 6.45) is -12.4. The van der Waals surface area contributed by atoms with Gasteiger partial charge in [0, 0.05) is 12.1 Å². The Labute approximate surface area is 197 Å². The first-order valence-corrected chi connectivity index (χ1v) is 11.4. The van der Waals surface area contributed by atoms with Crippen molar-refractivity contribution in [2.24, 2.45) is 17.2 Å². The standard InChI is InChI=1S/C20H40N4O10/c1-6(25)14-11(27)10(26)9(23)18(32-14)33-15-7(21)4-8(22)16(12(15)28)34-19-13(29)17(24-3)20(2,30)5-31-19/h6-19,24-30H,4-5,21-23H2,1-3H3/t6-,7+,8-,9-,10-,11+,12+,13-,14-,15-,16+,17?,18-,19-,20+/m1/s1. The fourth-order valence-electron chi connectivity index (χ4n) is 4.95. The Bertz CT molecular complexity index is 675. The Hall–Kier alpha value is -0.560. The Balaban J connectivity index is 1.73. The van der Waals surface area contributed by atoms with Gasteiger partial charge in [0.2, 0.25) is 0 Å². The fraction of sp³-hybridized carbons (Fsp3) is 1.00. The van der Waals surface area contributed by atoms with Crippen molar-refractivity contribution in [1.29, 1.82) is 0 Å². The second-order valence-electron chi connectivity index (χ2n) is 9.82. The molecule has 1 aliphatic carbocycles. The highest BCUT2D eigenvalue weighted by Gasteiger charge is 2.52. The molecule has 15 atom stereocenters. The first kappa shape index (κ1) is 28.0. The zero-order chi connectivity index (χ0) is 25.5. The summed E-state index contributed by atoms with van der Waals surface area (Å²) in [4.78, 5) is 0. The van der Waals surface area contributed by atoms with E-state index in [2.05, 4.69) is 5.32 Å². The van der Waals surface area contributed by atoms with Gasteiger partial charge in [0.05, 0.1) is 24.8 Å². The van der Waals surface area contributed by atoms with Gasteiger partial charge in [-0.1, -0.05) is 0 Å². The maximum atomic E-state index is 11.1. The van der Waals surface area contributed by atoms with Crippen LogP contribution in [0.5, 0.6) is 0 Å². The summed E-state index contributed by atoms with van der Waals surface area (Å²) in [5.41, 5.74) is 17.0. The molecule has 0 radical (unpaired) electrons. The van der Waals surface area contributed by atoms with E-state index >= 15 is 0 Å². The molecule has 3 rings (SSSR count). The summed E-state index contributed by atoms with van der Waals surface area (Å²) in [7, 11) is 1.58. The van der Waals surface area contributed by atoms with Crippen molar-refractivity contribution in [2.75, 3.05) is 13.7 Å². The zero-order valence-electron chi connectivity index (χ0n) is 19.5. The number of hydrogen-bond acceptors (Lipinski definition) is 14. The summed E-state index contributed by atoms with van der Waals surface area (Å²) >= 11 is 0. The molecule has 2 heterocycles. The van der Waals surface area contributed by atoms with Gasteiger partial charge in [0.25, 0.3) is 0 Å². The molecule has 0 aromatic heterocycles. The number of likely N-dealkylation sites (N-methyl/N-ethyl adjacent to an activating group) is 1. The van der Waals surface area contributed by atoms with Crippen LogP contribution in [0.2, 0.25) is 0 Å². The minimum atomic E-state index is -1.46. The van der Waals surface area contributed by atoms with Gasteiger partial charge in [-0.2, -0.15) is 0 Å². The lowest BCUT2D eigenvalue weighted by Gasteiger charge is -2.49. The molecule has 0 aromatic carbocycles. The molecular weight excluding hydrogens is 456 g/mol. The van der Waals surface area contributed by atoms with Crippen molar-refractivity contribution in [3.63, 3.8) is 0 Å². The van der Waals surface area contributed by atoms with Crippen LogP contribution in [0.4, 0.5) is 0 Å². The molecule has 0 aromatic rings. The van der Waals surface area contributed by atoms with Crippen LogP contribution in [-0.2, 0) is 18.9 Å². The average molecular weight is 497 g/mol. The molecule has 14 nitrogen and oxygen atoms in total. The van der Waals surface area contributed by atoms with E-state index in [9.17, 15) is 30.6 Å². The van der Waals surface area contributed by atoms with Crippen LogP contribution in [0.15, 0.2) is 0 Å². The maximum absolute atomic E-state index is 11.1. The van der Waals surface area contributed by atoms with Crippen molar-refractivity contribution < 1.29 is 49.6 Å². The number of ether oxygens (including phenoxy) is 4. The molecule has 13 N–H and O–H groups in total. The van der Waals surface area contributed by atoms with E-state index in [4.69, 9.17) is 36.1 Å². The molecule has 0 amide bonds. The zero-order valence-corrected chi connectivity index (χ0v) is 19.5. The number of aliphatic hydroxyl groups excluding tert-OH is 5. The highest BCUT2D eigenvalue weighted by Crippen LogP contribution is 2.32. The molecule has 2 aliphatic heterocycles. The van der Waals surface area contributed by atoms with Crippen LogP contribution in [0.3, 0.4) is 0 Å². The van der Waals surface area contributed by atoms with E-state index in [1.807, 2.05) is 0 Å². The van der Waals surface area contributed by atoms with Crippen LogP contribution in [0, 0.1) is 0 Å². The second-order valence-corrected chi connectivity index (χ2v) is 9.82. The predicted molar refractivity (Wildman–Crippen MR) is 116 cm³/mol. The largest absolute Gasteiger partial charge is 0.391 e. The SMILES string of the molecule is CNC1[C@@H](O)[C@@H](O[C@@H]2[C@@H](O)[C@H](O[C@H]3O[C@H]([C@@H](C)O)[C@@H](O)[C@H](O)[C@H]3N)[C@@H](N)C[C@H]2N)OC[C@]1(C)O. The van der Waals surface area contributed by atoms with Crippen molar-refractivity contribution >= 4 is 0 Å². The van der Waals surface area contributed by atoms with Crippen molar-refractivity contribution in [3.05, 3.63) is 0 Å². The molecule has 3 fully saturated rings. The highest BCUT2D eigenvalue weighted by molar-refractivity contribution is 5.02. The van der Waals surface area contributed by atoms with E-state index in [-0.39, 0.29) is 13.0 Å². The van der Waals surface area contributed by atoms with Gasteiger partial charge in [-0.05, 0) is 27.3 Å². The Morgan fingerprint density at radius 2 is 1.50 bits per heavy atom. The monoisotopic (exact) mass is 496 g/mol. The number of hydrogen-bond donors (Lipinski definition) is 10. The van der Waals surface area contributed by atoms with Gasteiger partial charge in [0.15, 0.2) is 12.6 Å². The third-order valence-corrected chi connectivity index (χ3v) is 6.95. The Morgan fingerprint density at radius 1 is 0.941 bits per heavy atom. The van der Waals surface area contributed by atoms with E-state index in [1.54, 1.807) is 7.05 Å². The van der Waals surface area contributed by atoms with Crippen LogP contribution in [0.1, 0.15) is 20.3 Å². The third kappa shape index (κ3) is 5.40. The smallest absolute Gasteiger partial charge is 0.185 e. The number of nitrogens with one attached hydrogen (secondary N) is 1. The van der Waals surface area contributed by atoms with Gasteiger partial charge in [-0.3, -0.25) is 0 Å². The maximum Gasteiger partial charge on any atom is 0.185 e. The van der Waals surface area contributed by atoms with E-state index in [0.717, 1.165) is 0 Å². The first-order chi connectivity index (χ1) is 15.8. The van der Waals surface area contributed by atoms with Gasteiger partial charge in [-0.15, -0.1) is 0 Å². The molecular formula is C20H40N4O10. The van der Waals surface area contributed by atoms with Gasteiger partial charge < -0.3 is 72.1 Å². The minimum Gasteiger partial charge on any atom is -0.391 e. The summed E-state index contributed by atoms with van der Waals surface area (Å²) < 4.78 is 22.8. The Kier molecular flexibility index (Phi) is 8.92. The van der Waals surface area contributed by atoms with Gasteiger partial charge >= 0.3 is 0 Å². The molecule has 1 saturated carbocycles. The van der Waals surface area contributed by atoms with E-state index < -0.39 is 91.2 Å². The van der Waals surface area contributed by atoms with E-state index in [1.165, 1.54) is 13.8 Å². The summed E-state index contributed by atoms with van der Waals surface area (Å²) in [5.74, 6) is 0. The molecule has 14 heteroatoms. The molecule has 0 bridgehead atoms. The lowest BCUT2D eigenvalue weighted by Crippen LogP contribution is -2.69. The summed E-state index contributed by atoms with van der Waals surface area (Å²) in [5, 5.41) is 65.2. The molecule has 200 valence electrons. The third-order valence-electron chi connectivity index (χ3n) is 6.95. The van der Waals surface area contributed by atoms with Crippen molar-refractivity contribution in [2.45, 2.75) is 111 Å². The van der Waals surface area contributed by atoms with Gasteiger partial charge in [0.1, 0.15) is 48.3 Å². The van der Waals surface area contributed by atoms with Crippen molar-refractivity contribution in [3.8, 4) is 0 Å². The van der Waals surface area contributed by atoms with Crippen LogP contribution >= 0.6 is 0 Å². The second kappa shape index (κ2) is 10.8. The quantitative estimate of drug-likeness (QED) is 0.165. The summed E-state index contributed by atoms with van der Waals surface area (Å²) in [6, 6.07) is -3.47. The Morgan fingerprint density at radius 3 is 2.03 bits per heavy atom. The minimum absolute atomic E-state index is 0.135. The van der Waals surface area contributed by atoms with Crippen molar-refractivity contribution in [1.82, 2.24) is 5.32 Å². The molecule has 1 unspecified atom stereocenters. The van der Waals surface area contributed by atoms with Gasteiger partial charge in [-0.25, -0.2) is 0 Å². The first-order valence-electron chi connectivity index (χ1n) is 11.4. The molecule has 2 saturated heterocycles. The highest BCUT2D eigenvalue weighted by atomic mass is 16.7. The number of aliphatic hydroxyl groups is 6. The topological polar surface area (TPSA) is 248 Å². The van der Waals surface area contributed by atoms with Crippen LogP contribution < -0.4 is 22.5 Å². The summed E-state index contributed by atoms with van der Waals surface area (Å²) in [6.45, 7) is 2.75. The fourth-order valence-corrected chi connectivity index (χ4v) is 4.95. The van der Waals surface area contributed by atoms with Crippen LogP contribution in [0.25, 0.3) is 0 Å². The normalized spacial score (nSPS) is 53.5. The molecule has 34 heavy (non-hydrogen) atoms. The van der Waals surface area contributed by atoms with Crippen LogP contribution in [-0.4, -0.2) is 135 Å².